The highest BCUT2D eigenvalue weighted by molar-refractivity contribution is 7.19. The molecule has 19 heavy (non-hydrogen) atoms. The summed E-state index contributed by atoms with van der Waals surface area (Å²) in [6.07, 6.45) is 2.76. The van der Waals surface area contributed by atoms with Gasteiger partial charge in [-0.25, -0.2) is 4.79 Å². The summed E-state index contributed by atoms with van der Waals surface area (Å²) in [5, 5.41) is 3.77. The van der Waals surface area contributed by atoms with E-state index in [0.29, 0.717) is 15.4 Å². The van der Waals surface area contributed by atoms with E-state index in [4.69, 9.17) is 10.5 Å². The molecule has 3 N–H and O–H groups in total. The van der Waals surface area contributed by atoms with Gasteiger partial charge in [-0.3, -0.25) is 4.79 Å². The van der Waals surface area contributed by atoms with E-state index in [9.17, 15) is 9.59 Å². The first-order valence-corrected chi connectivity index (χ1v) is 7.20. The normalized spacial score (nSPS) is 14.2. The van der Waals surface area contributed by atoms with Gasteiger partial charge >= 0.3 is 5.97 Å². The van der Waals surface area contributed by atoms with Gasteiger partial charge in [-0.05, 0) is 19.3 Å². The molecule has 1 fully saturated rings. The first-order chi connectivity index (χ1) is 9.10. The molecule has 1 aliphatic carbocycles. The molecule has 0 radical (unpaired) electrons. The van der Waals surface area contributed by atoms with Crippen LogP contribution in [0.25, 0.3) is 0 Å². The van der Waals surface area contributed by atoms with Crippen LogP contribution in [0.2, 0.25) is 0 Å². The standard InChI is InChI=1S/C13H18N2O3S/c1-3-6-15-12-8(13(17)18-2)9(14)11(19-12)10(16)7-4-5-7/h7,15H,3-6,14H2,1-2H3. The average molecular weight is 282 g/mol. The highest BCUT2D eigenvalue weighted by atomic mass is 32.1. The zero-order valence-electron chi connectivity index (χ0n) is 11.1. The summed E-state index contributed by atoms with van der Waals surface area (Å²) < 4.78 is 4.74. The molecule has 0 aliphatic heterocycles. The van der Waals surface area contributed by atoms with Crippen LogP contribution in [0.4, 0.5) is 10.7 Å². The predicted molar refractivity (Wildman–Crippen MR) is 75.9 cm³/mol. The highest BCUT2D eigenvalue weighted by Crippen LogP contribution is 2.41. The summed E-state index contributed by atoms with van der Waals surface area (Å²) in [5.74, 6) is -0.357. The largest absolute Gasteiger partial charge is 0.465 e. The topological polar surface area (TPSA) is 81.4 Å². The van der Waals surface area contributed by atoms with Gasteiger partial charge in [0, 0.05) is 12.5 Å². The SMILES string of the molecule is CCCNc1sc(C(=O)C2CC2)c(N)c1C(=O)OC. The molecule has 1 aliphatic rings. The van der Waals surface area contributed by atoms with Crippen LogP contribution < -0.4 is 11.1 Å². The van der Waals surface area contributed by atoms with Crippen molar-refractivity contribution in [3.05, 3.63) is 10.4 Å². The van der Waals surface area contributed by atoms with E-state index in [-0.39, 0.29) is 17.4 Å². The number of hydrogen-bond donors (Lipinski definition) is 2. The van der Waals surface area contributed by atoms with Crippen molar-refractivity contribution in [1.82, 2.24) is 0 Å². The fraction of sp³-hybridized carbons (Fsp3) is 0.538. The minimum absolute atomic E-state index is 0.0530. The Morgan fingerprint density at radius 3 is 2.68 bits per heavy atom. The number of rotatable bonds is 6. The third-order valence-corrected chi connectivity index (χ3v) is 4.22. The molecule has 1 aromatic heterocycles. The number of ketones is 1. The van der Waals surface area contributed by atoms with Gasteiger partial charge in [-0.1, -0.05) is 6.92 Å². The number of thiophene rings is 1. The molecule has 1 saturated carbocycles. The van der Waals surface area contributed by atoms with Gasteiger partial charge in [0.15, 0.2) is 5.78 Å². The molecule has 0 aromatic carbocycles. The van der Waals surface area contributed by atoms with Gasteiger partial charge < -0.3 is 15.8 Å². The molecule has 5 nitrogen and oxygen atoms in total. The Morgan fingerprint density at radius 2 is 2.16 bits per heavy atom. The molecule has 1 heterocycles. The Labute approximate surface area is 116 Å². The predicted octanol–water partition coefficient (Wildman–Crippen LogP) is 2.53. The molecule has 1 aromatic rings. The summed E-state index contributed by atoms with van der Waals surface area (Å²) in [5.41, 5.74) is 6.52. The van der Waals surface area contributed by atoms with Crippen LogP contribution in [0.5, 0.6) is 0 Å². The number of nitrogen functional groups attached to an aromatic ring is 1. The second-order valence-corrected chi connectivity index (χ2v) is 5.63. The molecule has 0 spiro atoms. The van der Waals surface area contributed by atoms with E-state index in [0.717, 1.165) is 25.8 Å². The Balaban J connectivity index is 2.37. The zero-order valence-corrected chi connectivity index (χ0v) is 11.9. The van der Waals surface area contributed by atoms with E-state index in [2.05, 4.69) is 5.32 Å². The molecule has 2 rings (SSSR count). The van der Waals surface area contributed by atoms with Gasteiger partial charge in [-0.15, -0.1) is 11.3 Å². The van der Waals surface area contributed by atoms with Crippen LogP contribution in [0.15, 0.2) is 0 Å². The summed E-state index contributed by atoms with van der Waals surface area (Å²) in [6.45, 7) is 2.75. The van der Waals surface area contributed by atoms with Crippen LogP contribution in [-0.4, -0.2) is 25.4 Å². The summed E-state index contributed by atoms with van der Waals surface area (Å²) in [7, 11) is 1.31. The van der Waals surface area contributed by atoms with Crippen molar-refractivity contribution < 1.29 is 14.3 Å². The van der Waals surface area contributed by atoms with Crippen LogP contribution in [0, 0.1) is 5.92 Å². The Bertz CT molecular complexity index is 506. The molecule has 6 heteroatoms. The number of Topliss-reactive ketones (excluding diaryl/α,β-unsaturated/α-hetero) is 1. The van der Waals surface area contributed by atoms with Crippen LogP contribution in [-0.2, 0) is 4.74 Å². The van der Waals surface area contributed by atoms with E-state index < -0.39 is 5.97 Å². The van der Waals surface area contributed by atoms with Crippen molar-refractivity contribution in [1.29, 1.82) is 0 Å². The molecule has 0 bridgehead atoms. The third kappa shape index (κ3) is 2.73. The van der Waals surface area contributed by atoms with Gasteiger partial charge in [0.2, 0.25) is 0 Å². The van der Waals surface area contributed by atoms with Crippen molar-refractivity contribution in [3.63, 3.8) is 0 Å². The number of esters is 1. The monoisotopic (exact) mass is 282 g/mol. The number of nitrogens with one attached hydrogen (secondary N) is 1. The lowest BCUT2D eigenvalue weighted by Crippen LogP contribution is -2.09. The molecular weight excluding hydrogens is 264 g/mol. The fourth-order valence-electron chi connectivity index (χ4n) is 1.83. The second-order valence-electron chi connectivity index (χ2n) is 4.61. The van der Waals surface area contributed by atoms with Gasteiger partial charge in [0.05, 0.1) is 17.7 Å². The summed E-state index contributed by atoms with van der Waals surface area (Å²) in [4.78, 5) is 24.4. The lowest BCUT2D eigenvalue weighted by atomic mass is 10.1. The fourth-order valence-corrected chi connectivity index (χ4v) is 2.98. The number of anilines is 2. The minimum Gasteiger partial charge on any atom is -0.465 e. The number of methoxy groups -OCH3 is 1. The van der Waals surface area contributed by atoms with E-state index in [1.807, 2.05) is 6.92 Å². The first-order valence-electron chi connectivity index (χ1n) is 6.38. The van der Waals surface area contributed by atoms with Crippen molar-refractivity contribution in [2.24, 2.45) is 5.92 Å². The Hall–Kier alpha value is -1.56. The molecule has 0 amide bonds. The van der Waals surface area contributed by atoms with Crippen LogP contribution >= 0.6 is 11.3 Å². The minimum atomic E-state index is -0.498. The molecule has 0 saturated heterocycles. The molecular formula is C13H18N2O3S. The molecule has 104 valence electrons. The lowest BCUT2D eigenvalue weighted by molar-refractivity contribution is 0.0603. The number of nitrogens with two attached hydrogens (primary N) is 1. The third-order valence-electron chi connectivity index (χ3n) is 3.04. The number of carbonyl (C=O) groups is 2. The van der Waals surface area contributed by atoms with Gasteiger partial charge in [0.1, 0.15) is 10.6 Å². The smallest absolute Gasteiger partial charge is 0.343 e. The van der Waals surface area contributed by atoms with E-state index in [1.165, 1.54) is 18.4 Å². The summed E-state index contributed by atoms with van der Waals surface area (Å²) in [6, 6.07) is 0. The number of ether oxygens (including phenoxy) is 1. The zero-order chi connectivity index (χ0) is 14.0. The number of carbonyl (C=O) groups excluding carboxylic acids is 2. The maximum absolute atomic E-state index is 12.1. The Morgan fingerprint density at radius 1 is 1.47 bits per heavy atom. The highest BCUT2D eigenvalue weighted by Gasteiger charge is 2.35. The van der Waals surface area contributed by atoms with Crippen molar-refractivity contribution in [2.75, 3.05) is 24.7 Å². The molecule has 0 unspecified atom stereocenters. The molecule has 0 atom stereocenters. The Kier molecular flexibility index (Phi) is 4.09. The van der Waals surface area contributed by atoms with Crippen molar-refractivity contribution >= 4 is 33.8 Å². The second kappa shape index (κ2) is 5.61. The maximum Gasteiger partial charge on any atom is 0.343 e. The first kappa shape index (κ1) is 13.9. The van der Waals surface area contributed by atoms with Crippen LogP contribution in [0.1, 0.15) is 46.2 Å². The van der Waals surface area contributed by atoms with Crippen LogP contribution in [0.3, 0.4) is 0 Å². The summed E-state index contributed by atoms with van der Waals surface area (Å²) >= 11 is 1.26. The lowest BCUT2D eigenvalue weighted by Gasteiger charge is -2.04. The maximum atomic E-state index is 12.1. The van der Waals surface area contributed by atoms with Crippen molar-refractivity contribution in [3.8, 4) is 0 Å². The van der Waals surface area contributed by atoms with E-state index in [1.54, 1.807) is 0 Å². The van der Waals surface area contributed by atoms with E-state index >= 15 is 0 Å². The average Bonchev–Trinajstić information content (AvgIpc) is 3.20. The van der Waals surface area contributed by atoms with Gasteiger partial charge in [-0.2, -0.15) is 0 Å². The van der Waals surface area contributed by atoms with Gasteiger partial charge in [0.25, 0.3) is 0 Å². The quantitative estimate of drug-likeness (QED) is 0.619. The number of hydrogen-bond acceptors (Lipinski definition) is 6. The van der Waals surface area contributed by atoms with Crippen molar-refractivity contribution in [2.45, 2.75) is 26.2 Å².